The second kappa shape index (κ2) is 5.41. The van der Waals surface area contributed by atoms with Gasteiger partial charge in [0.05, 0.1) is 18.0 Å². The van der Waals surface area contributed by atoms with E-state index in [1.54, 1.807) is 0 Å². The van der Waals surface area contributed by atoms with E-state index in [1.807, 2.05) is 25.1 Å². The molecule has 0 aliphatic carbocycles. The molecule has 1 heterocycles. The van der Waals surface area contributed by atoms with E-state index >= 15 is 0 Å². The Hall–Kier alpha value is -1.22. The zero-order chi connectivity index (χ0) is 12.3. The van der Waals surface area contributed by atoms with Gasteiger partial charge in [-0.15, -0.1) is 0 Å². The molecule has 2 N–H and O–H groups in total. The van der Waals surface area contributed by atoms with E-state index in [4.69, 9.17) is 10.5 Å². The number of nitrogens with two attached hydrogens (primary N) is 1. The van der Waals surface area contributed by atoms with Gasteiger partial charge in [0, 0.05) is 25.6 Å². The van der Waals surface area contributed by atoms with Crippen LogP contribution in [0.4, 0.5) is 11.4 Å². The maximum Gasteiger partial charge on any atom is 0.0600 e. The van der Waals surface area contributed by atoms with Crippen molar-refractivity contribution in [3.8, 4) is 0 Å². The molecule has 0 aromatic heterocycles. The van der Waals surface area contributed by atoms with Crippen LogP contribution in [-0.2, 0) is 4.74 Å². The molecular formula is C14H22N2O. The first kappa shape index (κ1) is 12.2. The standard InChI is InChI=1S/C14H22N2O/c1-3-17-10-12-9-16(8-11(12)2)14-7-5-4-6-13(14)15/h4-7,11-12H,3,8-10,15H2,1-2H3/t11-,12+/m1/s1. The molecule has 0 spiro atoms. The molecule has 3 heteroatoms. The number of para-hydroxylation sites is 2. The lowest BCUT2D eigenvalue weighted by Crippen LogP contribution is -2.22. The van der Waals surface area contributed by atoms with Gasteiger partial charge in [-0.2, -0.15) is 0 Å². The smallest absolute Gasteiger partial charge is 0.0600 e. The zero-order valence-electron chi connectivity index (χ0n) is 10.7. The summed E-state index contributed by atoms with van der Waals surface area (Å²) < 4.78 is 5.54. The van der Waals surface area contributed by atoms with E-state index in [-0.39, 0.29) is 0 Å². The quantitative estimate of drug-likeness (QED) is 0.813. The van der Waals surface area contributed by atoms with Gasteiger partial charge in [-0.25, -0.2) is 0 Å². The molecule has 17 heavy (non-hydrogen) atoms. The van der Waals surface area contributed by atoms with Gasteiger partial charge >= 0.3 is 0 Å². The molecule has 1 aromatic rings. The molecule has 0 unspecified atom stereocenters. The fourth-order valence-electron chi connectivity index (χ4n) is 2.49. The summed E-state index contributed by atoms with van der Waals surface area (Å²) in [6.07, 6.45) is 0. The predicted octanol–water partition coefficient (Wildman–Crippen LogP) is 2.38. The third-order valence-electron chi connectivity index (χ3n) is 3.58. The van der Waals surface area contributed by atoms with Gasteiger partial charge in [0.1, 0.15) is 0 Å². The molecule has 1 aromatic carbocycles. The highest BCUT2D eigenvalue weighted by molar-refractivity contribution is 5.67. The van der Waals surface area contributed by atoms with E-state index in [9.17, 15) is 0 Å². The first-order valence-electron chi connectivity index (χ1n) is 6.39. The first-order valence-corrected chi connectivity index (χ1v) is 6.39. The number of nitrogen functional groups attached to an aromatic ring is 1. The molecular weight excluding hydrogens is 212 g/mol. The molecule has 2 atom stereocenters. The number of benzene rings is 1. The Labute approximate surface area is 104 Å². The number of hydrogen-bond acceptors (Lipinski definition) is 3. The van der Waals surface area contributed by atoms with Crippen molar-refractivity contribution in [3.05, 3.63) is 24.3 Å². The summed E-state index contributed by atoms with van der Waals surface area (Å²) in [5.41, 5.74) is 8.06. The van der Waals surface area contributed by atoms with E-state index < -0.39 is 0 Å². The van der Waals surface area contributed by atoms with Crippen molar-refractivity contribution in [1.29, 1.82) is 0 Å². The average Bonchev–Trinajstić information content (AvgIpc) is 2.68. The molecule has 0 bridgehead atoms. The minimum Gasteiger partial charge on any atom is -0.397 e. The second-order valence-corrected chi connectivity index (χ2v) is 4.86. The lowest BCUT2D eigenvalue weighted by atomic mass is 9.99. The van der Waals surface area contributed by atoms with Crippen LogP contribution in [0, 0.1) is 11.8 Å². The van der Waals surface area contributed by atoms with Crippen LogP contribution in [-0.4, -0.2) is 26.3 Å². The molecule has 1 aliphatic rings. The summed E-state index contributed by atoms with van der Waals surface area (Å²) in [5, 5.41) is 0. The van der Waals surface area contributed by atoms with Gasteiger partial charge in [0.2, 0.25) is 0 Å². The average molecular weight is 234 g/mol. The third kappa shape index (κ3) is 2.72. The van der Waals surface area contributed by atoms with Crippen molar-refractivity contribution < 1.29 is 4.74 Å². The molecule has 0 radical (unpaired) electrons. The summed E-state index contributed by atoms with van der Waals surface area (Å²) in [5.74, 6) is 1.29. The number of hydrogen-bond donors (Lipinski definition) is 1. The van der Waals surface area contributed by atoms with Crippen LogP contribution < -0.4 is 10.6 Å². The van der Waals surface area contributed by atoms with Gasteiger partial charge in [0.15, 0.2) is 0 Å². The lowest BCUT2D eigenvalue weighted by molar-refractivity contribution is 0.104. The van der Waals surface area contributed by atoms with Gasteiger partial charge in [-0.05, 0) is 25.0 Å². The number of ether oxygens (including phenoxy) is 1. The first-order chi connectivity index (χ1) is 8.22. The Balaban J connectivity index is 2.03. The van der Waals surface area contributed by atoms with Gasteiger partial charge in [0.25, 0.3) is 0 Å². The monoisotopic (exact) mass is 234 g/mol. The molecule has 3 nitrogen and oxygen atoms in total. The molecule has 94 valence electrons. The Bertz CT molecular complexity index is 367. The highest BCUT2D eigenvalue weighted by atomic mass is 16.5. The number of rotatable bonds is 4. The van der Waals surface area contributed by atoms with Crippen molar-refractivity contribution in [3.63, 3.8) is 0 Å². The number of anilines is 2. The second-order valence-electron chi connectivity index (χ2n) is 4.86. The van der Waals surface area contributed by atoms with Crippen molar-refractivity contribution in [2.24, 2.45) is 11.8 Å². The fourth-order valence-corrected chi connectivity index (χ4v) is 2.49. The van der Waals surface area contributed by atoms with Crippen molar-refractivity contribution in [2.45, 2.75) is 13.8 Å². The van der Waals surface area contributed by atoms with Crippen LogP contribution in [0.1, 0.15) is 13.8 Å². The van der Waals surface area contributed by atoms with E-state index in [1.165, 1.54) is 5.69 Å². The summed E-state index contributed by atoms with van der Waals surface area (Å²) >= 11 is 0. The topological polar surface area (TPSA) is 38.5 Å². The molecule has 0 amide bonds. The highest BCUT2D eigenvalue weighted by Crippen LogP contribution is 2.31. The van der Waals surface area contributed by atoms with Gasteiger partial charge in [-0.3, -0.25) is 0 Å². The van der Waals surface area contributed by atoms with Crippen LogP contribution in [0.5, 0.6) is 0 Å². The van der Waals surface area contributed by atoms with E-state index in [0.29, 0.717) is 11.8 Å². The third-order valence-corrected chi connectivity index (χ3v) is 3.58. The van der Waals surface area contributed by atoms with E-state index in [2.05, 4.69) is 17.9 Å². The minimum atomic E-state index is 0.620. The molecule has 1 saturated heterocycles. The van der Waals surface area contributed by atoms with Crippen LogP contribution in [0.3, 0.4) is 0 Å². The maximum absolute atomic E-state index is 6.02. The Kier molecular flexibility index (Phi) is 3.89. The molecule has 1 fully saturated rings. The van der Waals surface area contributed by atoms with Crippen molar-refractivity contribution in [2.75, 3.05) is 36.9 Å². The lowest BCUT2D eigenvalue weighted by Gasteiger charge is -2.20. The summed E-state index contributed by atoms with van der Waals surface area (Å²) in [7, 11) is 0. The maximum atomic E-state index is 6.02. The summed E-state index contributed by atoms with van der Waals surface area (Å²) in [6, 6.07) is 8.10. The van der Waals surface area contributed by atoms with Crippen LogP contribution in [0.15, 0.2) is 24.3 Å². The minimum absolute atomic E-state index is 0.620. The van der Waals surface area contributed by atoms with Gasteiger partial charge in [-0.1, -0.05) is 19.1 Å². The van der Waals surface area contributed by atoms with Crippen molar-refractivity contribution in [1.82, 2.24) is 0 Å². The Morgan fingerprint density at radius 3 is 2.82 bits per heavy atom. The predicted molar refractivity (Wildman–Crippen MR) is 72.2 cm³/mol. The number of nitrogens with zero attached hydrogens (tertiary/aromatic N) is 1. The normalized spacial score (nSPS) is 24.2. The molecule has 1 aliphatic heterocycles. The molecule has 0 saturated carbocycles. The summed E-state index contributed by atoms with van der Waals surface area (Å²) in [4.78, 5) is 2.38. The van der Waals surface area contributed by atoms with E-state index in [0.717, 1.165) is 32.0 Å². The van der Waals surface area contributed by atoms with Crippen molar-refractivity contribution >= 4 is 11.4 Å². The Morgan fingerprint density at radius 2 is 2.12 bits per heavy atom. The largest absolute Gasteiger partial charge is 0.397 e. The van der Waals surface area contributed by atoms with Crippen LogP contribution in [0.2, 0.25) is 0 Å². The fraction of sp³-hybridized carbons (Fsp3) is 0.571. The van der Waals surface area contributed by atoms with Crippen LogP contribution >= 0.6 is 0 Å². The zero-order valence-corrected chi connectivity index (χ0v) is 10.7. The SMILES string of the molecule is CCOC[C@@H]1CN(c2ccccc2N)C[C@H]1C. The molecule has 2 rings (SSSR count). The Morgan fingerprint density at radius 1 is 1.35 bits per heavy atom. The summed E-state index contributed by atoms with van der Waals surface area (Å²) in [6.45, 7) is 8.13. The van der Waals surface area contributed by atoms with Gasteiger partial charge < -0.3 is 15.4 Å². The highest BCUT2D eigenvalue weighted by Gasteiger charge is 2.30. The van der Waals surface area contributed by atoms with Crippen LogP contribution in [0.25, 0.3) is 0 Å².